The first-order valence-electron chi connectivity index (χ1n) is 10.2. The van der Waals surface area contributed by atoms with E-state index < -0.39 is 53.0 Å². The van der Waals surface area contributed by atoms with E-state index in [0.29, 0.717) is 0 Å². The van der Waals surface area contributed by atoms with Gasteiger partial charge in [0.05, 0.1) is 7.11 Å². The molecule has 1 saturated heterocycles. The smallest absolute Gasteiger partial charge is 0.417 e. The fourth-order valence-corrected chi connectivity index (χ4v) is 4.15. The number of nitrogens with zero attached hydrogens (tertiary/aromatic N) is 4. The highest BCUT2D eigenvalue weighted by Gasteiger charge is 2.65. The van der Waals surface area contributed by atoms with Crippen LogP contribution in [0, 0.1) is 17.6 Å². The van der Waals surface area contributed by atoms with Crippen molar-refractivity contribution in [3.8, 4) is 17.3 Å². The van der Waals surface area contributed by atoms with Crippen LogP contribution in [0.25, 0.3) is 11.5 Å². The van der Waals surface area contributed by atoms with Crippen LogP contribution in [0.2, 0.25) is 0 Å². The topological polar surface area (TPSA) is 115 Å². The maximum absolute atomic E-state index is 14.4. The molecule has 35 heavy (non-hydrogen) atoms. The highest BCUT2D eigenvalue weighted by Crippen LogP contribution is 2.55. The largest absolute Gasteiger partial charge is 0.493 e. The summed E-state index contributed by atoms with van der Waals surface area (Å²) < 4.78 is 80.6. The number of aromatic amines is 1. The van der Waals surface area contributed by atoms with Gasteiger partial charge in [-0.3, -0.25) is 9.78 Å². The number of rotatable bonds is 5. The number of anilines is 1. The van der Waals surface area contributed by atoms with Crippen LogP contribution in [0.4, 0.5) is 27.6 Å². The van der Waals surface area contributed by atoms with Gasteiger partial charge in [-0.05, 0) is 30.3 Å². The lowest BCUT2D eigenvalue weighted by atomic mass is 9.77. The first-order chi connectivity index (χ1) is 16.5. The minimum atomic E-state index is -4.87. The Morgan fingerprint density at radius 2 is 2.00 bits per heavy atom. The molecule has 0 aliphatic carbocycles. The first kappa shape index (κ1) is 24.4. The number of hydrogen-bond acceptors (Lipinski definition) is 7. The minimum absolute atomic E-state index is 0.126. The molecule has 4 rings (SSSR count). The average Bonchev–Trinajstić information content (AvgIpc) is 3.43. The second-order valence-electron chi connectivity index (χ2n) is 8.10. The highest BCUT2D eigenvalue weighted by molar-refractivity contribution is 5.95. The molecule has 0 bridgehead atoms. The lowest BCUT2D eigenvalue weighted by Crippen LogP contribution is -2.47. The summed E-state index contributed by atoms with van der Waals surface area (Å²) in [4.78, 5) is 17.3. The molecule has 0 saturated carbocycles. The Morgan fingerprint density at radius 1 is 1.26 bits per heavy atom. The van der Waals surface area contributed by atoms with Gasteiger partial charge in [0.2, 0.25) is 11.6 Å². The van der Waals surface area contributed by atoms with Crippen molar-refractivity contribution in [1.82, 2.24) is 25.6 Å². The van der Waals surface area contributed by atoms with Gasteiger partial charge in [-0.2, -0.15) is 22.8 Å². The van der Waals surface area contributed by atoms with E-state index in [9.17, 15) is 26.7 Å². The molecule has 0 unspecified atom stereocenters. The number of H-pyrrole nitrogens is 1. The molecular weight excluding hydrogens is 479 g/mol. The third kappa shape index (κ3) is 4.17. The van der Waals surface area contributed by atoms with Crippen LogP contribution in [-0.2, 0) is 9.53 Å². The van der Waals surface area contributed by atoms with Gasteiger partial charge >= 0.3 is 6.18 Å². The van der Waals surface area contributed by atoms with E-state index in [0.717, 1.165) is 26.2 Å². The number of hydrogen-bond donors (Lipinski definition) is 2. The Hall–Kier alpha value is -3.68. The average molecular weight is 498 g/mol. The molecular formula is C21H19F5N6O3. The van der Waals surface area contributed by atoms with Crippen LogP contribution in [0.15, 0.2) is 30.5 Å². The number of ether oxygens (including phenoxy) is 2. The SMILES string of the molecule is COc1c([C@@H]2[C@@H](C(=O)Nc3ccnc(-c4nn[nH]n4)c3)O[C@](C)(C(F)(F)F)[C@@H]2C)ccc(F)c1F. The van der Waals surface area contributed by atoms with Gasteiger partial charge in [-0.25, -0.2) is 4.39 Å². The van der Waals surface area contributed by atoms with Crippen molar-refractivity contribution in [1.29, 1.82) is 0 Å². The number of alkyl halides is 3. The fourth-order valence-electron chi connectivity index (χ4n) is 4.15. The Morgan fingerprint density at radius 3 is 2.63 bits per heavy atom. The van der Waals surface area contributed by atoms with Crippen LogP contribution in [0.5, 0.6) is 5.75 Å². The number of amides is 1. The van der Waals surface area contributed by atoms with Gasteiger partial charge < -0.3 is 14.8 Å². The number of carbonyl (C=O) groups excluding carboxylic acids is 1. The van der Waals surface area contributed by atoms with E-state index in [-0.39, 0.29) is 22.8 Å². The molecule has 1 aliphatic rings. The Labute approximate surface area is 195 Å². The molecule has 1 aliphatic heterocycles. The Bertz CT molecular complexity index is 1240. The van der Waals surface area contributed by atoms with Gasteiger partial charge in [0.15, 0.2) is 17.2 Å². The van der Waals surface area contributed by atoms with Crippen LogP contribution >= 0.6 is 0 Å². The van der Waals surface area contributed by atoms with Crippen molar-refractivity contribution in [2.24, 2.45) is 5.92 Å². The molecule has 1 aromatic carbocycles. The number of aromatic nitrogens is 5. The van der Waals surface area contributed by atoms with Crippen molar-refractivity contribution in [3.63, 3.8) is 0 Å². The molecule has 186 valence electrons. The standard InChI is InChI=1S/C21H19F5N6O3/c1-9-14(11-4-5-12(22)15(23)16(11)34-3)17(35-20(9,2)21(24,25)26)19(33)28-10-6-7-27-13(8-10)18-29-31-32-30-18/h4-9,14,17H,1-3H3,(H,27,28,33)(H,29,30,31,32)/t9-,14-,17+,20+/m1/s1. The monoisotopic (exact) mass is 498 g/mol. The first-order valence-corrected chi connectivity index (χ1v) is 10.2. The van der Waals surface area contributed by atoms with Gasteiger partial charge in [0.1, 0.15) is 11.8 Å². The lowest BCUT2D eigenvalue weighted by Gasteiger charge is -2.32. The van der Waals surface area contributed by atoms with Crippen molar-refractivity contribution in [2.75, 3.05) is 12.4 Å². The van der Waals surface area contributed by atoms with E-state index >= 15 is 0 Å². The summed E-state index contributed by atoms with van der Waals surface area (Å²) in [6.07, 6.45) is -5.26. The maximum atomic E-state index is 14.4. The van der Waals surface area contributed by atoms with Gasteiger partial charge in [-0.1, -0.05) is 13.0 Å². The lowest BCUT2D eigenvalue weighted by molar-refractivity contribution is -0.272. The third-order valence-corrected chi connectivity index (χ3v) is 6.17. The zero-order valence-electron chi connectivity index (χ0n) is 18.5. The molecule has 9 nitrogen and oxygen atoms in total. The number of methoxy groups -OCH3 is 1. The molecule has 2 aromatic heterocycles. The number of nitrogens with one attached hydrogen (secondary N) is 2. The van der Waals surface area contributed by atoms with Crippen molar-refractivity contribution in [3.05, 3.63) is 47.7 Å². The summed E-state index contributed by atoms with van der Waals surface area (Å²) in [6.45, 7) is 2.04. The van der Waals surface area contributed by atoms with Crippen molar-refractivity contribution in [2.45, 2.75) is 37.6 Å². The fraction of sp³-hybridized carbons (Fsp3) is 0.381. The van der Waals surface area contributed by atoms with Crippen LogP contribution in [0.3, 0.4) is 0 Å². The number of pyridine rings is 1. The van der Waals surface area contributed by atoms with Crippen molar-refractivity contribution >= 4 is 11.6 Å². The quantitative estimate of drug-likeness (QED) is 0.517. The van der Waals surface area contributed by atoms with E-state index in [1.807, 2.05) is 0 Å². The highest BCUT2D eigenvalue weighted by atomic mass is 19.4. The van der Waals surface area contributed by atoms with Crippen LogP contribution in [0.1, 0.15) is 25.3 Å². The second-order valence-corrected chi connectivity index (χ2v) is 8.10. The summed E-state index contributed by atoms with van der Waals surface area (Å²) >= 11 is 0. The molecule has 2 N–H and O–H groups in total. The maximum Gasteiger partial charge on any atom is 0.417 e. The predicted molar refractivity (Wildman–Crippen MR) is 110 cm³/mol. The zero-order chi connectivity index (χ0) is 25.5. The molecule has 4 atom stereocenters. The summed E-state index contributed by atoms with van der Waals surface area (Å²) in [6, 6.07) is 4.64. The number of tetrazole rings is 1. The number of carbonyl (C=O) groups is 1. The zero-order valence-corrected chi connectivity index (χ0v) is 18.5. The molecule has 3 heterocycles. The molecule has 0 spiro atoms. The molecule has 0 radical (unpaired) electrons. The summed E-state index contributed by atoms with van der Waals surface area (Å²) in [5.41, 5.74) is -2.49. The van der Waals surface area contributed by atoms with Crippen LogP contribution < -0.4 is 10.1 Å². The summed E-state index contributed by atoms with van der Waals surface area (Å²) in [5, 5.41) is 15.7. The molecule has 1 fully saturated rings. The second kappa shape index (κ2) is 8.83. The Balaban J connectivity index is 1.73. The van der Waals surface area contributed by atoms with E-state index in [1.165, 1.54) is 25.3 Å². The number of benzene rings is 1. The predicted octanol–water partition coefficient (Wildman–Crippen LogP) is 3.63. The van der Waals surface area contributed by atoms with E-state index in [1.54, 1.807) is 0 Å². The summed E-state index contributed by atoms with van der Waals surface area (Å²) in [5.74, 6) is -6.74. The van der Waals surface area contributed by atoms with Gasteiger partial charge in [-0.15, -0.1) is 10.2 Å². The third-order valence-electron chi connectivity index (χ3n) is 6.17. The molecule has 3 aromatic rings. The summed E-state index contributed by atoms with van der Waals surface area (Å²) in [7, 11) is 1.05. The van der Waals surface area contributed by atoms with Crippen LogP contribution in [-0.4, -0.2) is 56.5 Å². The van der Waals surface area contributed by atoms with E-state index in [2.05, 4.69) is 30.9 Å². The van der Waals surface area contributed by atoms with E-state index in [4.69, 9.17) is 9.47 Å². The Kier molecular flexibility index (Phi) is 6.17. The molecule has 14 heteroatoms. The molecule has 1 amide bonds. The number of halogens is 5. The van der Waals surface area contributed by atoms with Gasteiger partial charge in [0.25, 0.3) is 5.91 Å². The minimum Gasteiger partial charge on any atom is -0.493 e. The normalized spacial score (nSPS) is 24.4. The van der Waals surface area contributed by atoms with Gasteiger partial charge in [0, 0.05) is 29.3 Å². The van der Waals surface area contributed by atoms with Crippen molar-refractivity contribution < 1.29 is 36.2 Å².